The predicted molar refractivity (Wildman–Crippen MR) is 116 cm³/mol. The summed E-state index contributed by atoms with van der Waals surface area (Å²) in [6, 6.07) is 13.7. The number of hydrogen-bond donors (Lipinski definition) is 0. The summed E-state index contributed by atoms with van der Waals surface area (Å²) in [5, 5.41) is 0.487. The second kappa shape index (κ2) is 9.28. The largest absolute Gasteiger partial charge is 0.338 e. The zero-order valence-electron chi connectivity index (χ0n) is 15.6. The van der Waals surface area contributed by atoms with Gasteiger partial charge in [-0.25, -0.2) is 8.42 Å². The van der Waals surface area contributed by atoms with Gasteiger partial charge in [-0.2, -0.15) is 0 Å². The van der Waals surface area contributed by atoms with Crippen molar-refractivity contribution in [3.8, 4) is 0 Å². The molecule has 1 aliphatic heterocycles. The molecule has 0 radical (unpaired) electrons. The van der Waals surface area contributed by atoms with Gasteiger partial charge in [0, 0.05) is 41.2 Å². The molecule has 2 aromatic carbocycles. The van der Waals surface area contributed by atoms with Crippen LogP contribution >= 0.6 is 27.5 Å². The molecule has 6 nitrogen and oxygen atoms in total. The highest BCUT2D eigenvalue weighted by atomic mass is 79.9. The van der Waals surface area contributed by atoms with Crippen LogP contribution in [0, 0.1) is 0 Å². The minimum atomic E-state index is -3.58. The maximum absolute atomic E-state index is 12.5. The number of amides is 2. The van der Waals surface area contributed by atoms with Gasteiger partial charge in [0.25, 0.3) is 5.91 Å². The molecular weight excluding hydrogens is 480 g/mol. The second-order valence-corrected chi connectivity index (χ2v) is 10.3. The van der Waals surface area contributed by atoms with Crippen molar-refractivity contribution in [2.75, 3.05) is 31.9 Å². The van der Waals surface area contributed by atoms with Gasteiger partial charge in [-0.1, -0.05) is 45.7 Å². The standard InChI is InChI=1S/C20H20BrClN2O4S/c21-17-6-4-15(5-7-17)13-29(27,28)14-19(25)23-8-10-24(11-9-23)20(26)16-2-1-3-18(22)12-16/h1-7,12H,8-11,13-14H2. The van der Waals surface area contributed by atoms with Crippen LogP contribution in [0.2, 0.25) is 5.02 Å². The summed E-state index contributed by atoms with van der Waals surface area (Å²) < 4.78 is 25.6. The van der Waals surface area contributed by atoms with Gasteiger partial charge in [0.05, 0.1) is 5.75 Å². The van der Waals surface area contributed by atoms with Crippen LogP contribution in [0.15, 0.2) is 53.0 Å². The molecule has 1 fully saturated rings. The Kier molecular flexibility index (Phi) is 6.97. The number of rotatable bonds is 5. The molecule has 29 heavy (non-hydrogen) atoms. The Morgan fingerprint density at radius 3 is 2.21 bits per heavy atom. The van der Waals surface area contributed by atoms with E-state index in [1.54, 1.807) is 53.4 Å². The van der Waals surface area contributed by atoms with Crippen molar-refractivity contribution in [3.63, 3.8) is 0 Å². The lowest BCUT2D eigenvalue weighted by atomic mass is 10.2. The Bertz CT molecular complexity index is 1000. The van der Waals surface area contributed by atoms with Gasteiger partial charge in [0.1, 0.15) is 5.75 Å². The van der Waals surface area contributed by atoms with E-state index in [1.165, 1.54) is 4.90 Å². The summed E-state index contributed by atoms with van der Waals surface area (Å²) in [7, 11) is -3.58. The normalized spacial score (nSPS) is 14.7. The monoisotopic (exact) mass is 498 g/mol. The molecule has 1 saturated heterocycles. The number of carbonyl (C=O) groups is 2. The van der Waals surface area contributed by atoms with E-state index < -0.39 is 21.5 Å². The number of hydrogen-bond acceptors (Lipinski definition) is 4. The molecule has 0 unspecified atom stereocenters. The number of piperazine rings is 1. The van der Waals surface area contributed by atoms with E-state index in [0.29, 0.717) is 42.3 Å². The zero-order chi connectivity index (χ0) is 21.0. The van der Waals surface area contributed by atoms with E-state index in [-0.39, 0.29) is 11.7 Å². The molecule has 0 bridgehead atoms. The average molecular weight is 500 g/mol. The summed E-state index contributed by atoms with van der Waals surface area (Å²) in [6.45, 7) is 1.31. The molecule has 2 aromatic rings. The number of sulfone groups is 1. The van der Waals surface area contributed by atoms with Crippen LogP contribution in [0.3, 0.4) is 0 Å². The Morgan fingerprint density at radius 2 is 1.59 bits per heavy atom. The van der Waals surface area contributed by atoms with Crippen LogP contribution < -0.4 is 0 Å². The Hall–Kier alpha value is -1.90. The lowest BCUT2D eigenvalue weighted by molar-refractivity contribution is -0.129. The fourth-order valence-electron chi connectivity index (χ4n) is 3.13. The van der Waals surface area contributed by atoms with Crippen molar-refractivity contribution in [3.05, 3.63) is 69.2 Å². The zero-order valence-corrected chi connectivity index (χ0v) is 18.7. The molecule has 2 amide bonds. The van der Waals surface area contributed by atoms with E-state index in [9.17, 15) is 18.0 Å². The number of nitrogens with zero attached hydrogens (tertiary/aromatic N) is 2. The molecule has 0 saturated carbocycles. The SMILES string of the molecule is O=C(CS(=O)(=O)Cc1ccc(Br)cc1)N1CCN(C(=O)c2cccc(Cl)c2)CC1. The van der Waals surface area contributed by atoms with Crippen LogP contribution in [0.5, 0.6) is 0 Å². The molecule has 9 heteroatoms. The summed E-state index contributed by atoms with van der Waals surface area (Å²) in [5.74, 6) is -1.30. The lowest BCUT2D eigenvalue weighted by Crippen LogP contribution is -2.51. The molecule has 0 N–H and O–H groups in total. The van der Waals surface area contributed by atoms with E-state index in [2.05, 4.69) is 15.9 Å². The molecule has 0 atom stereocenters. The highest BCUT2D eigenvalue weighted by Gasteiger charge is 2.27. The van der Waals surface area contributed by atoms with Gasteiger partial charge in [0.15, 0.2) is 9.84 Å². The fraction of sp³-hybridized carbons (Fsp3) is 0.300. The fourth-order valence-corrected chi connectivity index (χ4v) is 4.94. The average Bonchev–Trinajstić information content (AvgIpc) is 2.69. The number of benzene rings is 2. The van der Waals surface area contributed by atoms with Crippen LogP contribution in [0.4, 0.5) is 0 Å². The minimum Gasteiger partial charge on any atom is -0.338 e. The highest BCUT2D eigenvalue weighted by Crippen LogP contribution is 2.16. The molecule has 1 aliphatic rings. The maximum atomic E-state index is 12.5. The first-order valence-corrected chi connectivity index (χ1v) is 12.0. The summed E-state index contributed by atoms with van der Waals surface area (Å²) in [6.07, 6.45) is 0. The van der Waals surface area contributed by atoms with E-state index in [1.807, 2.05) is 0 Å². The van der Waals surface area contributed by atoms with Crippen LogP contribution in [0.1, 0.15) is 15.9 Å². The maximum Gasteiger partial charge on any atom is 0.254 e. The predicted octanol–water partition coefficient (Wildman–Crippen LogP) is 3.00. The summed E-state index contributed by atoms with van der Waals surface area (Å²) in [5.41, 5.74) is 1.13. The van der Waals surface area contributed by atoms with Crippen molar-refractivity contribution in [1.82, 2.24) is 9.80 Å². The molecule has 3 rings (SSSR count). The summed E-state index contributed by atoms with van der Waals surface area (Å²) in [4.78, 5) is 28.2. The van der Waals surface area contributed by atoms with Gasteiger partial charge in [-0.15, -0.1) is 0 Å². The molecular formula is C20H20BrClN2O4S. The van der Waals surface area contributed by atoms with E-state index in [4.69, 9.17) is 11.6 Å². The van der Waals surface area contributed by atoms with Crippen LogP contribution in [-0.2, 0) is 20.4 Å². The Morgan fingerprint density at radius 1 is 0.966 bits per heavy atom. The first kappa shape index (κ1) is 21.8. The topological polar surface area (TPSA) is 74.8 Å². The van der Waals surface area contributed by atoms with Crippen molar-refractivity contribution < 1.29 is 18.0 Å². The molecule has 1 heterocycles. The number of carbonyl (C=O) groups excluding carboxylic acids is 2. The van der Waals surface area contributed by atoms with Gasteiger partial charge in [-0.3, -0.25) is 9.59 Å². The van der Waals surface area contributed by atoms with Crippen LogP contribution in [-0.4, -0.2) is 62.0 Å². The second-order valence-electron chi connectivity index (χ2n) is 6.84. The van der Waals surface area contributed by atoms with Crippen molar-refractivity contribution in [1.29, 1.82) is 0 Å². The molecule has 0 aromatic heterocycles. The van der Waals surface area contributed by atoms with Crippen molar-refractivity contribution in [2.24, 2.45) is 0 Å². The van der Waals surface area contributed by atoms with Crippen LogP contribution in [0.25, 0.3) is 0 Å². The Balaban J connectivity index is 1.54. The quantitative estimate of drug-likeness (QED) is 0.634. The van der Waals surface area contributed by atoms with E-state index in [0.717, 1.165) is 4.47 Å². The Labute approximate surface area is 183 Å². The van der Waals surface area contributed by atoms with Crippen molar-refractivity contribution >= 4 is 49.2 Å². The third-order valence-corrected chi connectivity index (χ3v) is 6.86. The van der Waals surface area contributed by atoms with Gasteiger partial charge in [0.2, 0.25) is 5.91 Å². The first-order chi connectivity index (χ1) is 13.7. The molecule has 0 spiro atoms. The van der Waals surface area contributed by atoms with Gasteiger partial charge in [-0.05, 0) is 35.9 Å². The number of halogens is 2. The first-order valence-electron chi connectivity index (χ1n) is 9.01. The van der Waals surface area contributed by atoms with Gasteiger partial charge < -0.3 is 9.80 Å². The lowest BCUT2D eigenvalue weighted by Gasteiger charge is -2.34. The van der Waals surface area contributed by atoms with E-state index >= 15 is 0 Å². The third kappa shape index (κ3) is 6.04. The smallest absolute Gasteiger partial charge is 0.254 e. The molecule has 154 valence electrons. The third-order valence-electron chi connectivity index (χ3n) is 4.63. The highest BCUT2D eigenvalue weighted by molar-refractivity contribution is 9.10. The molecule has 0 aliphatic carbocycles. The summed E-state index contributed by atoms with van der Waals surface area (Å²) >= 11 is 9.24. The minimum absolute atomic E-state index is 0.151. The van der Waals surface area contributed by atoms with Gasteiger partial charge >= 0.3 is 0 Å². The van der Waals surface area contributed by atoms with Crippen molar-refractivity contribution in [2.45, 2.75) is 5.75 Å².